The Kier molecular flexibility index (Phi) is 0.976. The van der Waals surface area contributed by atoms with Crippen molar-refractivity contribution in [1.29, 1.82) is 0 Å². The Hall–Kier alpha value is -0.0400. The van der Waals surface area contributed by atoms with Crippen molar-refractivity contribution in [1.82, 2.24) is 5.32 Å². The second-order valence-corrected chi connectivity index (χ2v) is 5.21. The van der Waals surface area contributed by atoms with Crippen LogP contribution >= 0.6 is 0 Å². The summed E-state index contributed by atoms with van der Waals surface area (Å²) in [4.78, 5) is 0. The monoisotopic (exact) mass is 151 g/mol. The van der Waals surface area contributed by atoms with Gasteiger partial charge >= 0.3 is 0 Å². The second kappa shape index (κ2) is 1.66. The number of fused-ring (bicyclic) bond motifs is 1. The molecule has 1 heteroatoms. The summed E-state index contributed by atoms with van der Waals surface area (Å²) in [6, 6.07) is 0.888. The Balaban J connectivity index is 2.05. The zero-order chi connectivity index (χ0) is 7.64. The maximum atomic E-state index is 3.68. The van der Waals surface area contributed by atoms with E-state index in [1.807, 2.05) is 0 Å². The molecule has 3 aliphatic rings. The summed E-state index contributed by atoms with van der Waals surface area (Å²) >= 11 is 0. The van der Waals surface area contributed by atoms with Crippen molar-refractivity contribution in [2.45, 2.75) is 32.7 Å². The molecule has 2 bridgehead atoms. The van der Waals surface area contributed by atoms with E-state index in [0.717, 1.165) is 23.8 Å². The van der Waals surface area contributed by atoms with Gasteiger partial charge in [0, 0.05) is 6.04 Å². The number of hydrogen-bond donors (Lipinski definition) is 1. The number of rotatable bonds is 0. The fourth-order valence-electron chi connectivity index (χ4n) is 3.97. The largest absolute Gasteiger partial charge is 0.313 e. The zero-order valence-electron chi connectivity index (χ0n) is 7.43. The molecular formula is C10H17N. The third-order valence-electron chi connectivity index (χ3n) is 4.75. The van der Waals surface area contributed by atoms with E-state index in [0.29, 0.717) is 5.41 Å². The Morgan fingerprint density at radius 3 is 2.82 bits per heavy atom. The molecule has 62 valence electrons. The van der Waals surface area contributed by atoms with Gasteiger partial charge in [0.25, 0.3) is 0 Å². The normalized spacial score (nSPS) is 66.0. The molecule has 1 heterocycles. The van der Waals surface area contributed by atoms with E-state index >= 15 is 0 Å². The van der Waals surface area contributed by atoms with E-state index in [1.165, 1.54) is 19.4 Å². The molecule has 5 unspecified atom stereocenters. The molecule has 3 fully saturated rings. The van der Waals surface area contributed by atoms with Crippen LogP contribution in [0.3, 0.4) is 0 Å². The van der Waals surface area contributed by atoms with E-state index in [9.17, 15) is 0 Å². The topological polar surface area (TPSA) is 12.0 Å². The van der Waals surface area contributed by atoms with Gasteiger partial charge in [0.2, 0.25) is 0 Å². The van der Waals surface area contributed by atoms with E-state index in [-0.39, 0.29) is 0 Å². The lowest BCUT2D eigenvalue weighted by Crippen LogP contribution is -2.34. The average Bonchev–Trinajstić information content (AvgIpc) is 2.45. The highest BCUT2D eigenvalue weighted by Gasteiger charge is 2.60. The van der Waals surface area contributed by atoms with Crippen molar-refractivity contribution in [3.05, 3.63) is 0 Å². The lowest BCUT2D eigenvalue weighted by atomic mass is 9.74. The van der Waals surface area contributed by atoms with Crippen molar-refractivity contribution in [2.24, 2.45) is 23.2 Å². The fraction of sp³-hybridized carbons (Fsp3) is 1.00. The third kappa shape index (κ3) is 0.581. The van der Waals surface area contributed by atoms with Gasteiger partial charge in [-0.05, 0) is 42.6 Å². The molecule has 0 spiro atoms. The third-order valence-corrected chi connectivity index (χ3v) is 4.75. The Morgan fingerprint density at radius 2 is 2.18 bits per heavy atom. The van der Waals surface area contributed by atoms with Crippen LogP contribution in [0, 0.1) is 23.2 Å². The van der Waals surface area contributed by atoms with Gasteiger partial charge in [-0.25, -0.2) is 0 Å². The first-order chi connectivity index (χ1) is 5.21. The summed E-state index contributed by atoms with van der Waals surface area (Å²) in [6.45, 7) is 6.26. The van der Waals surface area contributed by atoms with Crippen LogP contribution in [0.1, 0.15) is 26.7 Å². The minimum Gasteiger partial charge on any atom is -0.313 e. The smallest absolute Gasteiger partial charge is 0.0130 e. The van der Waals surface area contributed by atoms with Gasteiger partial charge in [0.15, 0.2) is 0 Å². The number of hydrogen-bond acceptors (Lipinski definition) is 1. The molecule has 0 radical (unpaired) electrons. The van der Waals surface area contributed by atoms with Gasteiger partial charge in [0.1, 0.15) is 0 Å². The van der Waals surface area contributed by atoms with Crippen LogP contribution in [0.25, 0.3) is 0 Å². The first kappa shape index (κ1) is 6.47. The van der Waals surface area contributed by atoms with E-state index in [4.69, 9.17) is 0 Å². The highest BCUT2D eigenvalue weighted by molar-refractivity contribution is 5.12. The first-order valence-electron chi connectivity index (χ1n) is 4.94. The molecule has 2 aliphatic carbocycles. The zero-order valence-corrected chi connectivity index (χ0v) is 7.43. The van der Waals surface area contributed by atoms with E-state index in [1.54, 1.807) is 0 Å². The van der Waals surface area contributed by atoms with Crippen LogP contribution in [0.4, 0.5) is 0 Å². The van der Waals surface area contributed by atoms with Crippen LogP contribution in [0.2, 0.25) is 0 Å². The number of nitrogens with one attached hydrogen (secondary N) is 1. The van der Waals surface area contributed by atoms with Crippen molar-refractivity contribution in [2.75, 3.05) is 6.54 Å². The van der Waals surface area contributed by atoms with Crippen molar-refractivity contribution < 1.29 is 0 Å². The maximum Gasteiger partial charge on any atom is 0.0130 e. The second-order valence-electron chi connectivity index (χ2n) is 5.21. The molecule has 0 aromatic rings. The minimum atomic E-state index is 0.712. The highest BCUT2D eigenvalue weighted by Crippen LogP contribution is 2.61. The molecular weight excluding hydrogens is 134 g/mol. The average molecular weight is 151 g/mol. The summed E-state index contributed by atoms with van der Waals surface area (Å²) in [6.07, 6.45) is 3.01. The SMILES string of the molecule is CC1C2NCC3CC1(C)CC32. The van der Waals surface area contributed by atoms with Crippen LogP contribution in [0.5, 0.6) is 0 Å². The van der Waals surface area contributed by atoms with Crippen LogP contribution in [0.15, 0.2) is 0 Å². The van der Waals surface area contributed by atoms with Gasteiger partial charge in [-0.3, -0.25) is 0 Å². The summed E-state index contributed by atoms with van der Waals surface area (Å²) in [7, 11) is 0. The Labute approximate surface area is 68.6 Å². The van der Waals surface area contributed by atoms with Gasteiger partial charge in [-0.15, -0.1) is 0 Å². The molecule has 2 saturated carbocycles. The summed E-state index contributed by atoms with van der Waals surface area (Å²) in [5.74, 6) is 3.03. The molecule has 0 aromatic carbocycles. The lowest BCUT2D eigenvalue weighted by Gasteiger charge is -2.32. The van der Waals surface area contributed by atoms with Gasteiger partial charge in [-0.2, -0.15) is 0 Å². The van der Waals surface area contributed by atoms with Crippen LogP contribution in [-0.4, -0.2) is 12.6 Å². The van der Waals surface area contributed by atoms with Crippen molar-refractivity contribution in [3.8, 4) is 0 Å². The molecule has 0 amide bonds. The predicted octanol–water partition coefficient (Wildman–Crippen LogP) is 1.64. The quantitative estimate of drug-likeness (QED) is 0.555. The summed E-state index contributed by atoms with van der Waals surface area (Å²) in [5, 5.41) is 3.68. The van der Waals surface area contributed by atoms with Crippen LogP contribution < -0.4 is 5.32 Å². The van der Waals surface area contributed by atoms with Gasteiger partial charge in [0.05, 0.1) is 0 Å². The summed E-state index contributed by atoms with van der Waals surface area (Å²) in [5.41, 5.74) is 0.712. The summed E-state index contributed by atoms with van der Waals surface area (Å²) < 4.78 is 0. The molecule has 1 N–H and O–H groups in total. The minimum absolute atomic E-state index is 0.712. The predicted molar refractivity (Wildman–Crippen MR) is 45.3 cm³/mol. The van der Waals surface area contributed by atoms with Crippen molar-refractivity contribution in [3.63, 3.8) is 0 Å². The standard InChI is InChI=1S/C10H17N/c1-6-9-8-4-10(6,2)3-7(8)5-11-9/h6-9,11H,3-5H2,1-2H3. The van der Waals surface area contributed by atoms with Crippen molar-refractivity contribution >= 4 is 0 Å². The van der Waals surface area contributed by atoms with Gasteiger partial charge in [-0.1, -0.05) is 13.8 Å². The Morgan fingerprint density at radius 1 is 1.36 bits per heavy atom. The van der Waals surface area contributed by atoms with E-state index < -0.39 is 0 Å². The molecule has 1 aliphatic heterocycles. The fourth-order valence-corrected chi connectivity index (χ4v) is 3.97. The molecule has 11 heavy (non-hydrogen) atoms. The molecule has 1 nitrogen and oxygen atoms in total. The maximum absolute atomic E-state index is 3.68. The van der Waals surface area contributed by atoms with E-state index in [2.05, 4.69) is 19.2 Å². The molecule has 1 saturated heterocycles. The van der Waals surface area contributed by atoms with Gasteiger partial charge < -0.3 is 5.32 Å². The Bertz CT molecular complexity index is 195. The lowest BCUT2D eigenvalue weighted by molar-refractivity contribution is 0.197. The van der Waals surface area contributed by atoms with Crippen LogP contribution in [-0.2, 0) is 0 Å². The molecule has 5 atom stereocenters. The first-order valence-corrected chi connectivity index (χ1v) is 4.94. The molecule has 3 rings (SSSR count). The highest BCUT2D eigenvalue weighted by atomic mass is 15.0. The molecule has 0 aromatic heterocycles.